The zero-order valence-electron chi connectivity index (χ0n) is 22.1. The van der Waals surface area contributed by atoms with Crippen molar-refractivity contribution in [2.45, 2.75) is 44.6 Å². The maximum atomic E-state index is 11.3. The molecule has 0 saturated carbocycles. The lowest BCUT2D eigenvalue weighted by Crippen LogP contribution is -2.39. The quantitative estimate of drug-likeness (QED) is 0.212. The van der Waals surface area contributed by atoms with Crippen LogP contribution in [0, 0.1) is 6.92 Å². The van der Waals surface area contributed by atoms with E-state index in [0.29, 0.717) is 19.5 Å². The fraction of sp³-hybridized carbons (Fsp3) is 0.333. The highest BCUT2D eigenvalue weighted by atomic mass is 32.2. The van der Waals surface area contributed by atoms with Gasteiger partial charge >= 0.3 is 0 Å². The topological polar surface area (TPSA) is 134 Å². The molecule has 40 heavy (non-hydrogen) atoms. The Morgan fingerprint density at radius 1 is 1.00 bits per heavy atom. The van der Waals surface area contributed by atoms with Gasteiger partial charge in [-0.25, -0.2) is 16.8 Å². The van der Waals surface area contributed by atoms with Crippen molar-refractivity contribution in [1.82, 2.24) is 5.10 Å². The molecule has 9 nitrogen and oxygen atoms in total. The van der Waals surface area contributed by atoms with Gasteiger partial charge in [0.05, 0.1) is 31.0 Å². The number of rotatable bonds is 12. The predicted molar refractivity (Wildman–Crippen MR) is 157 cm³/mol. The number of benzene rings is 2. The van der Waals surface area contributed by atoms with Gasteiger partial charge in [0.2, 0.25) is 0 Å². The molecule has 1 aliphatic rings. The lowest BCUT2D eigenvalue weighted by Gasteiger charge is -2.22. The summed E-state index contributed by atoms with van der Waals surface area (Å²) in [4.78, 5) is 3.10. The van der Waals surface area contributed by atoms with Crippen LogP contribution >= 0.6 is 23.1 Å². The summed E-state index contributed by atoms with van der Waals surface area (Å²) in [5, 5.41) is 7.04. The minimum absolute atomic E-state index is 0.175. The molecule has 13 heteroatoms. The van der Waals surface area contributed by atoms with Gasteiger partial charge in [-0.05, 0) is 66.0 Å². The molecule has 2 heterocycles. The molecule has 0 aliphatic carbocycles. The lowest BCUT2D eigenvalue weighted by molar-refractivity contribution is -0.750. The van der Waals surface area contributed by atoms with Crippen LogP contribution in [0.2, 0.25) is 0 Å². The first-order valence-electron chi connectivity index (χ1n) is 12.7. The molecule has 0 atom stereocenters. The van der Waals surface area contributed by atoms with Gasteiger partial charge in [-0.1, -0.05) is 59.8 Å². The highest BCUT2D eigenvalue weighted by Gasteiger charge is 2.26. The molecule has 1 aliphatic heterocycles. The van der Waals surface area contributed by atoms with Crippen LogP contribution in [0.5, 0.6) is 0 Å². The number of hydrogen-bond donors (Lipinski definition) is 0. The van der Waals surface area contributed by atoms with Crippen LogP contribution in [0.4, 0.5) is 5.69 Å². The zero-order chi connectivity index (χ0) is 28.9. The second kappa shape index (κ2) is 13.0. The van der Waals surface area contributed by atoms with Gasteiger partial charge < -0.3 is 14.0 Å². The van der Waals surface area contributed by atoms with E-state index in [9.17, 15) is 25.9 Å². The third kappa shape index (κ3) is 8.48. The number of hydrogen-bond acceptors (Lipinski definition) is 10. The maximum Gasteiger partial charge on any atom is 0.289 e. The van der Waals surface area contributed by atoms with E-state index in [1.165, 1.54) is 11.3 Å². The Morgan fingerprint density at radius 3 is 2.38 bits per heavy atom. The third-order valence-corrected chi connectivity index (χ3v) is 9.78. The van der Waals surface area contributed by atoms with E-state index < -0.39 is 31.7 Å². The molecular formula is C27H30N3O6S4-. The Hall–Kier alpha value is -2.55. The van der Waals surface area contributed by atoms with Crippen molar-refractivity contribution >= 4 is 55.1 Å². The average molecular weight is 621 g/mol. The zero-order valence-corrected chi connectivity index (χ0v) is 25.4. The minimum Gasteiger partial charge on any atom is -0.748 e. The number of fused-ring (bicyclic) bond motifs is 1. The number of thioether (sulfide) groups is 1. The third-order valence-electron chi connectivity index (χ3n) is 6.17. The smallest absolute Gasteiger partial charge is 0.289 e. The second-order valence-corrected chi connectivity index (χ2v) is 14.6. The molecule has 2 aromatic carbocycles. The molecule has 0 amide bonds. The summed E-state index contributed by atoms with van der Waals surface area (Å²) in [5.74, 6) is -0.886. The molecule has 0 fully saturated rings. The molecule has 0 radical (unpaired) electrons. The highest BCUT2D eigenvalue weighted by Crippen LogP contribution is 2.48. The van der Waals surface area contributed by atoms with Gasteiger partial charge in [0.25, 0.3) is 5.01 Å². The predicted octanol–water partition coefficient (Wildman–Crippen LogP) is 4.52. The van der Waals surface area contributed by atoms with Crippen molar-refractivity contribution in [2.24, 2.45) is 0 Å². The highest BCUT2D eigenvalue weighted by molar-refractivity contribution is 8.03. The lowest BCUT2D eigenvalue weighted by atomic mass is 10.0. The van der Waals surface area contributed by atoms with Gasteiger partial charge in [-0.15, -0.1) is 0 Å². The van der Waals surface area contributed by atoms with Crippen LogP contribution in [-0.2, 0) is 26.8 Å². The number of aryl methyl sites for hydroxylation is 2. The van der Waals surface area contributed by atoms with Crippen LogP contribution in [0.1, 0.15) is 36.2 Å². The number of anilines is 1. The van der Waals surface area contributed by atoms with Gasteiger partial charge in [-0.2, -0.15) is 0 Å². The Labute approximate surface area is 243 Å². The number of nitrogens with zero attached hydrogens (tertiary/aromatic N) is 3. The molecule has 0 saturated heterocycles. The van der Waals surface area contributed by atoms with E-state index in [0.717, 1.165) is 42.3 Å². The van der Waals surface area contributed by atoms with Crippen LogP contribution in [0.3, 0.4) is 0 Å². The summed E-state index contributed by atoms with van der Waals surface area (Å²) in [7, 11) is -8.62. The SMILES string of the molecule is CCC(/C=C1\Sc2ccc(-c3ccccc3)cc2N1CCCS(=O)(=O)[O-])=C\c1sc(C)n[n+]1CCCS(=O)(=O)[O-]. The largest absolute Gasteiger partial charge is 0.748 e. The Kier molecular flexibility index (Phi) is 9.85. The van der Waals surface area contributed by atoms with E-state index in [1.54, 1.807) is 16.4 Å². The van der Waals surface area contributed by atoms with Gasteiger partial charge in [0, 0.05) is 40.5 Å². The fourth-order valence-electron chi connectivity index (χ4n) is 4.31. The van der Waals surface area contributed by atoms with E-state index in [4.69, 9.17) is 0 Å². The molecule has 4 rings (SSSR count). The van der Waals surface area contributed by atoms with E-state index in [2.05, 4.69) is 34.3 Å². The molecule has 0 bridgehead atoms. The van der Waals surface area contributed by atoms with Crippen molar-refractivity contribution < 1.29 is 30.6 Å². The molecule has 214 valence electrons. The summed E-state index contributed by atoms with van der Waals surface area (Å²) in [6, 6.07) is 16.2. The normalized spacial score (nSPS) is 15.2. The van der Waals surface area contributed by atoms with Crippen molar-refractivity contribution in [1.29, 1.82) is 0 Å². The van der Waals surface area contributed by atoms with Crippen LogP contribution in [0.15, 0.2) is 70.1 Å². The molecule has 1 aromatic heterocycles. The molecule has 0 N–H and O–H groups in total. The van der Waals surface area contributed by atoms with Crippen molar-refractivity contribution in [3.63, 3.8) is 0 Å². The van der Waals surface area contributed by atoms with E-state index >= 15 is 0 Å². The molecule has 3 aromatic rings. The summed E-state index contributed by atoms with van der Waals surface area (Å²) < 4.78 is 68.7. The molecule has 0 spiro atoms. The van der Waals surface area contributed by atoms with Crippen molar-refractivity contribution in [3.05, 3.63) is 75.2 Å². The summed E-state index contributed by atoms with van der Waals surface area (Å²) in [6.45, 7) is 4.57. The van der Waals surface area contributed by atoms with Gasteiger partial charge in [-0.3, -0.25) is 0 Å². The Morgan fingerprint density at radius 2 is 1.70 bits per heavy atom. The first-order valence-corrected chi connectivity index (χ1v) is 17.5. The Balaban J connectivity index is 1.65. The summed E-state index contributed by atoms with van der Waals surface area (Å²) in [5.41, 5.74) is 4.06. The van der Waals surface area contributed by atoms with E-state index in [1.807, 2.05) is 50.3 Å². The summed E-state index contributed by atoms with van der Waals surface area (Å²) >= 11 is 3.06. The van der Waals surface area contributed by atoms with Gasteiger partial charge in [0.15, 0.2) is 11.6 Å². The molecule has 0 unspecified atom stereocenters. The van der Waals surface area contributed by atoms with Crippen LogP contribution < -0.4 is 9.58 Å². The van der Waals surface area contributed by atoms with Crippen LogP contribution in [-0.4, -0.2) is 49.1 Å². The second-order valence-electron chi connectivity index (χ2n) is 9.27. The maximum absolute atomic E-state index is 11.3. The van der Waals surface area contributed by atoms with Gasteiger partial charge in [0.1, 0.15) is 0 Å². The first kappa shape index (κ1) is 30.4. The van der Waals surface area contributed by atoms with Crippen molar-refractivity contribution in [3.8, 4) is 11.1 Å². The monoisotopic (exact) mass is 620 g/mol. The average Bonchev–Trinajstić information content (AvgIpc) is 3.41. The van der Waals surface area contributed by atoms with Crippen LogP contribution in [0.25, 0.3) is 17.2 Å². The number of allylic oxidation sites excluding steroid dienone is 2. The number of aromatic nitrogens is 2. The standard InChI is InChI=1S/C27H31N3O6S4/c1-3-21(18-27-30(28-20(2)37-27)14-8-16-40(34,35)36)17-26-29(13-7-15-39(31,32)33)24-19-23(11-12-25(24)38-26)22-9-5-4-6-10-22/h4-6,9-12,17-19H,3,7-8,13-16H2,1-2H3,(H-,31,32,33,34,35,36)/p-1. The minimum atomic E-state index is -4.33. The molecular weight excluding hydrogens is 591 g/mol. The van der Waals surface area contributed by atoms with Crippen molar-refractivity contribution in [2.75, 3.05) is 23.0 Å². The first-order chi connectivity index (χ1) is 18.9. The van der Waals surface area contributed by atoms with E-state index in [-0.39, 0.29) is 12.8 Å². The Bertz CT molecular complexity index is 1630. The summed E-state index contributed by atoms with van der Waals surface area (Å²) in [6.07, 6.45) is 5.13. The fourth-order valence-corrected chi connectivity index (χ4v) is 7.31.